The molecule has 0 aliphatic rings. The Labute approximate surface area is 165 Å². The van der Waals surface area contributed by atoms with Crippen molar-refractivity contribution in [2.24, 2.45) is 21.1 Å². The standard InChI is InChI=1S/3C5H7N2.B.Y/c3*1-5-6-3-4-7(5)2;;/h3*3-4H,1H2,2H3;;/q3*-1;;+3. The molecule has 3 aromatic rings. The van der Waals surface area contributed by atoms with E-state index in [1.54, 1.807) is 18.6 Å². The van der Waals surface area contributed by atoms with Crippen LogP contribution in [0.15, 0.2) is 37.2 Å². The van der Waals surface area contributed by atoms with Gasteiger partial charge in [-0.3, -0.25) is 15.0 Å². The molecular weight excluding hydrogens is 364 g/mol. The zero-order valence-electron chi connectivity index (χ0n) is 13.9. The molecule has 0 atom stereocenters. The molecule has 0 spiro atoms. The van der Waals surface area contributed by atoms with Gasteiger partial charge < -0.3 is 34.5 Å². The summed E-state index contributed by atoms with van der Waals surface area (Å²) >= 11 is 0. The van der Waals surface area contributed by atoms with Gasteiger partial charge in [-0.2, -0.15) is 0 Å². The van der Waals surface area contributed by atoms with Gasteiger partial charge >= 0.3 is 32.7 Å². The molecular formula is C15H21BN6Y. The quantitative estimate of drug-likeness (QED) is 0.435. The molecule has 0 aromatic carbocycles. The molecule has 23 heavy (non-hydrogen) atoms. The van der Waals surface area contributed by atoms with Crippen molar-refractivity contribution < 1.29 is 32.7 Å². The van der Waals surface area contributed by atoms with Gasteiger partial charge in [0.25, 0.3) is 0 Å². The van der Waals surface area contributed by atoms with Crippen LogP contribution in [0.3, 0.4) is 0 Å². The second-order valence-corrected chi connectivity index (χ2v) is 4.36. The van der Waals surface area contributed by atoms with Gasteiger partial charge in [0.1, 0.15) is 0 Å². The SMILES string of the molecule is [B].[CH2-]c1nccn1C.[CH2-]c1nccn1C.[CH2-]c1nccn1C.[Y+3]. The fraction of sp³-hybridized carbons (Fsp3) is 0.200. The van der Waals surface area contributed by atoms with Crippen LogP contribution in [0.2, 0.25) is 0 Å². The zero-order chi connectivity index (χ0) is 15.8. The maximum Gasteiger partial charge on any atom is 3.00 e. The number of rotatable bonds is 0. The summed E-state index contributed by atoms with van der Waals surface area (Å²) in [6.45, 7) is 10.9. The first-order chi connectivity index (χ1) is 9.91. The largest absolute Gasteiger partial charge is 3.00 e. The van der Waals surface area contributed by atoms with Crippen LogP contribution < -0.4 is 0 Å². The van der Waals surface area contributed by atoms with Crippen LogP contribution >= 0.6 is 0 Å². The molecule has 0 unspecified atom stereocenters. The summed E-state index contributed by atoms with van der Waals surface area (Å²) < 4.78 is 5.58. The first kappa shape index (κ1) is 23.7. The normalized spacial score (nSPS) is 8.48. The Hall–Kier alpha value is -1.59. The Bertz CT molecular complexity index is 518. The average Bonchev–Trinajstić information content (AvgIpc) is 3.11. The van der Waals surface area contributed by atoms with Crippen molar-refractivity contribution >= 4 is 8.41 Å². The molecule has 0 aliphatic carbocycles. The number of aryl methyl sites for hydroxylation is 3. The average molecular weight is 385 g/mol. The summed E-state index contributed by atoms with van der Waals surface area (Å²) in [4.78, 5) is 11.6. The second kappa shape index (κ2) is 11.9. The van der Waals surface area contributed by atoms with E-state index in [4.69, 9.17) is 0 Å². The molecule has 117 valence electrons. The van der Waals surface area contributed by atoms with Gasteiger partial charge in [-0.05, 0) is 17.5 Å². The maximum absolute atomic E-state index is 3.87. The Morgan fingerprint density at radius 1 is 0.652 bits per heavy atom. The first-order valence-electron chi connectivity index (χ1n) is 6.29. The van der Waals surface area contributed by atoms with Crippen LogP contribution in [0, 0.1) is 20.8 Å². The van der Waals surface area contributed by atoms with E-state index in [0.29, 0.717) is 0 Å². The summed E-state index contributed by atoms with van der Waals surface area (Å²) in [6, 6.07) is 0. The molecule has 3 radical (unpaired) electrons. The van der Waals surface area contributed by atoms with Crippen molar-refractivity contribution in [3.8, 4) is 0 Å². The van der Waals surface area contributed by atoms with Gasteiger partial charge in [0.15, 0.2) is 0 Å². The van der Waals surface area contributed by atoms with Crippen LogP contribution in [-0.4, -0.2) is 37.1 Å². The number of imidazole rings is 3. The third kappa shape index (κ3) is 8.57. The molecule has 0 fully saturated rings. The van der Waals surface area contributed by atoms with E-state index >= 15 is 0 Å². The van der Waals surface area contributed by atoms with Gasteiger partial charge in [0.2, 0.25) is 0 Å². The molecule has 3 heterocycles. The van der Waals surface area contributed by atoms with E-state index in [2.05, 4.69) is 35.7 Å². The molecule has 0 bridgehead atoms. The third-order valence-electron chi connectivity index (χ3n) is 2.76. The van der Waals surface area contributed by atoms with Crippen LogP contribution in [0.25, 0.3) is 0 Å². The summed E-state index contributed by atoms with van der Waals surface area (Å²) in [5, 5.41) is 0. The summed E-state index contributed by atoms with van der Waals surface area (Å²) in [7, 11) is 5.74. The predicted molar refractivity (Wildman–Crippen MR) is 88.8 cm³/mol. The van der Waals surface area contributed by atoms with E-state index in [1.165, 1.54) is 0 Å². The van der Waals surface area contributed by atoms with E-state index in [-0.39, 0.29) is 41.1 Å². The maximum atomic E-state index is 3.87. The van der Waals surface area contributed by atoms with Crippen LogP contribution in [0.4, 0.5) is 0 Å². The first-order valence-corrected chi connectivity index (χ1v) is 6.29. The van der Waals surface area contributed by atoms with E-state index in [9.17, 15) is 0 Å². The molecule has 6 nitrogen and oxygen atoms in total. The van der Waals surface area contributed by atoms with E-state index < -0.39 is 0 Å². The Kier molecular flexibility index (Phi) is 12.3. The molecule has 0 saturated heterocycles. The second-order valence-electron chi connectivity index (χ2n) is 4.36. The predicted octanol–water partition coefficient (Wildman–Crippen LogP) is 1.42. The van der Waals surface area contributed by atoms with Gasteiger partial charge in [0, 0.05) is 66.7 Å². The molecule has 0 N–H and O–H groups in total. The van der Waals surface area contributed by atoms with Crippen molar-refractivity contribution in [1.82, 2.24) is 28.7 Å². The van der Waals surface area contributed by atoms with Gasteiger partial charge in [0.05, 0.1) is 0 Å². The molecule has 0 saturated carbocycles. The smallest absolute Gasteiger partial charge is 0.364 e. The summed E-state index contributed by atoms with van der Waals surface area (Å²) in [5.41, 5.74) is 0. The van der Waals surface area contributed by atoms with E-state index in [0.717, 1.165) is 17.5 Å². The monoisotopic (exact) mass is 385 g/mol. The fourth-order valence-corrected chi connectivity index (χ4v) is 1.19. The Balaban J connectivity index is 0. The summed E-state index contributed by atoms with van der Waals surface area (Å²) in [6.07, 6.45) is 10.8. The van der Waals surface area contributed by atoms with Crippen LogP contribution in [-0.2, 0) is 53.9 Å². The third-order valence-corrected chi connectivity index (χ3v) is 2.76. The van der Waals surface area contributed by atoms with Crippen molar-refractivity contribution in [3.05, 3.63) is 75.4 Å². The number of nitrogens with zero attached hydrogens (tertiary/aromatic N) is 6. The molecule has 3 aromatic heterocycles. The van der Waals surface area contributed by atoms with Crippen molar-refractivity contribution in [3.63, 3.8) is 0 Å². The van der Waals surface area contributed by atoms with Gasteiger partial charge in [-0.25, -0.2) is 0 Å². The summed E-state index contributed by atoms with van der Waals surface area (Å²) in [5.74, 6) is 2.42. The molecule has 3 rings (SSSR count). The van der Waals surface area contributed by atoms with Crippen molar-refractivity contribution in [2.75, 3.05) is 0 Å². The molecule has 8 heteroatoms. The minimum absolute atomic E-state index is 0. The van der Waals surface area contributed by atoms with Gasteiger partial charge in [-0.1, -0.05) is 0 Å². The Morgan fingerprint density at radius 3 is 0.913 bits per heavy atom. The number of aromatic nitrogens is 6. The number of hydrogen-bond acceptors (Lipinski definition) is 3. The minimum atomic E-state index is 0. The topological polar surface area (TPSA) is 53.5 Å². The minimum Gasteiger partial charge on any atom is -0.364 e. The van der Waals surface area contributed by atoms with Crippen LogP contribution in [0.1, 0.15) is 17.5 Å². The van der Waals surface area contributed by atoms with Crippen molar-refractivity contribution in [1.29, 1.82) is 0 Å². The van der Waals surface area contributed by atoms with Crippen molar-refractivity contribution in [2.45, 2.75) is 0 Å². The number of hydrogen-bond donors (Lipinski definition) is 0. The van der Waals surface area contributed by atoms with E-state index in [1.807, 2.05) is 53.4 Å². The zero-order valence-corrected chi connectivity index (χ0v) is 16.8. The Morgan fingerprint density at radius 2 is 0.870 bits per heavy atom. The van der Waals surface area contributed by atoms with Crippen LogP contribution in [0.5, 0.6) is 0 Å². The fourth-order valence-electron chi connectivity index (χ4n) is 1.19. The van der Waals surface area contributed by atoms with Gasteiger partial charge in [-0.15, -0.1) is 0 Å². The molecule has 0 amide bonds. The molecule has 0 aliphatic heterocycles.